The van der Waals surface area contributed by atoms with Crippen LogP contribution < -0.4 is 0 Å². The van der Waals surface area contributed by atoms with E-state index in [4.69, 9.17) is 0 Å². The number of benzene rings is 2. The van der Waals surface area contributed by atoms with Gasteiger partial charge in [-0.05, 0) is 31.0 Å². The average Bonchev–Trinajstić information content (AvgIpc) is 2.55. The zero-order valence-corrected chi connectivity index (χ0v) is 13.3. The molecule has 1 heteroatoms. The number of nitrogens with zero attached hydrogens (tertiary/aromatic N) is 1. The standard InChI is InChI=1S/C20H27N/c1-3-4-11-16-21(17-19-12-7-5-8-13-19)18(2)20-14-9-6-10-15-20/h5-10,12-15,18H,3-4,11,16-17H2,1-2H3/t18-/m0/s1. The van der Waals surface area contributed by atoms with E-state index in [0.717, 1.165) is 6.54 Å². The first-order valence-electron chi connectivity index (χ1n) is 8.14. The van der Waals surface area contributed by atoms with Crippen LogP contribution in [0, 0.1) is 0 Å². The summed E-state index contributed by atoms with van der Waals surface area (Å²) in [7, 11) is 0. The van der Waals surface area contributed by atoms with Gasteiger partial charge >= 0.3 is 0 Å². The van der Waals surface area contributed by atoms with Crippen molar-refractivity contribution in [3.63, 3.8) is 0 Å². The second-order valence-corrected chi connectivity index (χ2v) is 5.75. The minimum atomic E-state index is 0.461. The molecule has 1 atom stereocenters. The normalized spacial score (nSPS) is 12.5. The highest BCUT2D eigenvalue weighted by molar-refractivity contribution is 5.20. The van der Waals surface area contributed by atoms with Crippen LogP contribution in [0.3, 0.4) is 0 Å². The van der Waals surface area contributed by atoms with Crippen LogP contribution in [0.5, 0.6) is 0 Å². The summed E-state index contributed by atoms with van der Waals surface area (Å²) in [4.78, 5) is 2.60. The predicted molar refractivity (Wildman–Crippen MR) is 91.2 cm³/mol. The van der Waals surface area contributed by atoms with E-state index in [9.17, 15) is 0 Å². The van der Waals surface area contributed by atoms with Gasteiger partial charge in [-0.25, -0.2) is 0 Å². The highest BCUT2D eigenvalue weighted by Crippen LogP contribution is 2.22. The van der Waals surface area contributed by atoms with Crippen molar-refractivity contribution < 1.29 is 0 Å². The Labute approximate surface area is 129 Å². The van der Waals surface area contributed by atoms with Crippen molar-refractivity contribution in [3.8, 4) is 0 Å². The van der Waals surface area contributed by atoms with Crippen molar-refractivity contribution in [2.24, 2.45) is 0 Å². The van der Waals surface area contributed by atoms with Gasteiger partial charge in [0, 0.05) is 12.6 Å². The molecule has 21 heavy (non-hydrogen) atoms. The van der Waals surface area contributed by atoms with E-state index in [0.29, 0.717) is 6.04 Å². The average molecular weight is 281 g/mol. The van der Waals surface area contributed by atoms with Crippen LogP contribution in [0.1, 0.15) is 50.3 Å². The van der Waals surface area contributed by atoms with Gasteiger partial charge in [0.2, 0.25) is 0 Å². The van der Waals surface area contributed by atoms with Gasteiger partial charge < -0.3 is 0 Å². The third-order valence-corrected chi connectivity index (χ3v) is 4.11. The first-order valence-corrected chi connectivity index (χ1v) is 8.14. The largest absolute Gasteiger partial charge is 0.292 e. The highest BCUT2D eigenvalue weighted by atomic mass is 15.1. The Morgan fingerprint density at radius 1 is 0.857 bits per heavy atom. The molecule has 2 rings (SSSR count). The molecule has 0 aliphatic carbocycles. The molecule has 2 aromatic rings. The molecule has 0 aromatic heterocycles. The van der Waals surface area contributed by atoms with Crippen molar-refractivity contribution >= 4 is 0 Å². The smallest absolute Gasteiger partial charge is 0.0323 e. The molecule has 0 spiro atoms. The molecule has 0 N–H and O–H groups in total. The Hall–Kier alpha value is -1.60. The molecule has 0 bridgehead atoms. The van der Waals surface area contributed by atoms with Crippen LogP contribution in [0.25, 0.3) is 0 Å². The molecule has 0 heterocycles. The molecular formula is C20H27N. The molecule has 0 aliphatic heterocycles. The van der Waals surface area contributed by atoms with Crippen molar-refractivity contribution in [3.05, 3.63) is 71.8 Å². The van der Waals surface area contributed by atoms with Crippen molar-refractivity contribution in [2.75, 3.05) is 6.54 Å². The Balaban J connectivity index is 2.07. The van der Waals surface area contributed by atoms with E-state index in [2.05, 4.69) is 79.4 Å². The van der Waals surface area contributed by atoms with E-state index in [1.165, 1.54) is 36.9 Å². The maximum Gasteiger partial charge on any atom is 0.0323 e. The fourth-order valence-corrected chi connectivity index (χ4v) is 2.73. The Kier molecular flexibility index (Phi) is 6.49. The monoisotopic (exact) mass is 281 g/mol. The maximum atomic E-state index is 2.60. The first-order chi connectivity index (χ1) is 10.3. The van der Waals surface area contributed by atoms with Gasteiger partial charge in [-0.2, -0.15) is 0 Å². The third kappa shape index (κ3) is 5.02. The number of unbranched alkanes of at least 4 members (excludes halogenated alkanes) is 2. The molecular weight excluding hydrogens is 254 g/mol. The summed E-state index contributed by atoms with van der Waals surface area (Å²) in [6.45, 7) is 6.78. The predicted octanol–water partition coefficient (Wildman–Crippen LogP) is 5.44. The van der Waals surface area contributed by atoms with Gasteiger partial charge in [-0.1, -0.05) is 80.4 Å². The zero-order valence-electron chi connectivity index (χ0n) is 13.3. The van der Waals surface area contributed by atoms with Crippen molar-refractivity contribution in [2.45, 2.75) is 45.7 Å². The number of hydrogen-bond acceptors (Lipinski definition) is 1. The SMILES string of the molecule is CCCCCN(Cc1ccccc1)[C@@H](C)c1ccccc1. The van der Waals surface area contributed by atoms with Gasteiger partial charge in [-0.15, -0.1) is 0 Å². The summed E-state index contributed by atoms with van der Waals surface area (Å²) in [5, 5.41) is 0. The van der Waals surface area contributed by atoms with E-state index in [1.54, 1.807) is 0 Å². The lowest BCUT2D eigenvalue weighted by atomic mass is 10.1. The summed E-state index contributed by atoms with van der Waals surface area (Å²) in [5.74, 6) is 0. The molecule has 1 nitrogen and oxygen atoms in total. The highest BCUT2D eigenvalue weighted by Gasteiger charge is 2.15. The second-order valence-electron chi connectivity index (χ2n) is 5.75. The van der Waals surface area contributed by atoms with Crippen LogP contribution in [0.4, 0.5) is 0 Å². The molecule has 0 fully saturated rings. The quantitative estimate of drug-likeness (QED) is 0.582. The van der Waals surface area contributed by atoms with E-state index >= 15 is 0 Å². The minimum Gasteiger partial charge on any atom is -0.292 e. The van der Waals surface area contributed by atoms with Crippen molar-refractivity contribution in [1.82, 2.24) is 4.90 Å². The fraction of sp³-hybridized carbons (Fsp3) is 0.400. The van der Waals surface area contributed by atoms with Gasteiger partial charge in [0.15, 0.2) is 0 Å². The summed E-state index contributed by atoms with van der Waals surface area (Å²) in [6, 6.07) is 22.1. The molecule has 0 aliphatic rings. The molecule has 2 aromatic carbocycles. The summed E-state index contributed by atoms with van der Waals surface area (Å²) in [6.07, 6.45) is 3.87. The van der Waals surface area contributed by atoms with Gasteiger partial charge in [0.25, 0.3) is 0 Å². The summed E-state index contributed by atoms with van der Waals surface area (Å²) < 4.78 is 0. The number of rotatable bonds is 8. The Morgan fingerprint density at radius 2 is 1.48 bits per heavy atom. The second kappa shape index (κ2) is 8.63. The lowest BCUT2D eigenvalue weighted by molar-refractivity contribution is 0.197. The Morgan fingerprint density at radius 3 is 2.10 bits per heavy atom. The van der Waals surface area contributed by atoms with Gasteiger partial charge in [0.1, 0.15) is 0 Å². The summed E-state index contributed by atoms with van der Waals surface area (Å²) in [5.41, 5.74) is 2.81. The molecule has 0 amide bonds. The third-order valence-electron chi connectivity index (χ3n) is 4.11. The molecule has 0 saturated heterocycles. The van der Waals surface area contributed by atoms with Gasteiger partial charge in [0.05, 0.1) is 0 Å². The van der Waals surface area contributed by atoms with E-state index in [1.807, 2.05) is 0 Å². The van der Waals surface area contributed by atoms with Crippen LogP contribution in [0.2, 0.25) is 0 Å². The number of hydrogen-bond donors (Lipinski definition) is 0. The fourth-order valence-electron chi connectivity index (χ4n) is 2.73. The van der Waals surface area contributed by atoms with E-state index in [-0.39, 0.29) is 0 Å². The van der Waals surface area contributed by atoms with Crippen LogP contribution in [0.15, 0.2) is 60.7 Å². The zero-order chi connectivity index (χ0) is 14.9. The van der Waals surface area contributed by atoms with Crippen LogP contribution in [-0.4, -0.2) is 11.4 Å². The lowest BCUT2D eigenvalue weighted by Gasteiger charge is -2.29. The Bertz CT molecular complexity index is 492. The maximum absolute atomic E-state index is 2.60. The molecule has 0 saturated carbocycles. The summed E-state index contributed by atoms with van der Waals surface area (Å²) >= 11 is 0. The van der Waals surface area contributed by atoms with E-state index < -0.39 is 0 Å². The van der Waals surface area contributed by atoms with Crippen LogP contribution >= 0.6 is 0 Å². The first kappa shape index (κ1) is 15.8. The lowest BCUT2D eigenvalue weighted by Crippen LogP contribution is -2.27. The molecule has 0 unspecified atom stereocenters. The minimum absolute atomic E-state index is 0.461. The van der Waals surface area contributed by atoms with Crippen LogP contribution in [-0.2, 0) is 6.54 Å². The molecule has 112 valence electrons. The van der Waals surface area contributed by atoms with Gasteiger partial charge in [-0.3, -0.25) is 4.90 Å². The van der Waals surface area contributed by atoms with Crippen molar-refractivity contribution in [1.29, 1.82) is 0 Å². The molecule has 0 radical (unpaired) electrons. The topological polar surface area (TPSA) is 3.24 Å².